The van der Waals surface area contributed by atoms with Crippen molar-refractivity contribution < 1.29 is 18.4 Å². The lowest BCUT2D eigenvalue weighted by Crippen LogP contribution is -2.36. The van der Waals surface area contributed by atoms with E-state index < -0.39 is 21.7 Å². The van der Waals surface area contributed by atoms with Gasteiger partial charge in [0, 0.05) is 13.6 Å². The summed E-state index contributed by atoms with van der Waals surface area (Å²) in [5.74, 6) is -1.67. The summed E-state index contributed by atoms with van der Waals surface area (Å²) >= 11 is 0. The fourth-order valence-electron chi connectivity index (χ4n) is 1.76. The number of nitrogens with zero attached hydrogens (tertiary/aromatic N) is 1. The number of hydrogen-bond donors (Lipinski definition) is 2. The van der Waals surface area contributed by atoms with Gasteiger partial charge in [0.2, 0.25) is 10.0 Å². The van der Waals surface area contributed by atoms with Gasteiger partial charge < -0.3 is 0 Å². The Morgan fingerprint density at radius 2 is 1.90 bits per heavy atom. The van der Waals surface area contributed by atoms with Crippen molar-refractivity contribution in [2.24, 2.45) is 0 Å². The molecule has 0 spiro atoms. The Hall–Kier alpha value is -1.44. The maximum Gasteiger partial charge on any atom is 0.259 e. The lowest BCUT2D eigenvalue weighted by Gasteiger charge is -2.16. The van der Waals surface area contributed by atoms with Crippen LogP contribution in [0.4, 0.5) is 0 Å². The minimum absolute atomic E-state index is 0.355. The molecule has 112 valence electrons. The van der Waals surface area contributed by atoms with Crippen LogP contribution in [0, 0.1) is 0 Å². The van der Waals surface area contributed by atoms with Gasteiger partial charge in [0.1, 0.15) is 5.75 Å². The molecule has 1 aromatic rings. The highest BCUT2D eigenvalue weighted by atomic mass is 32.2. The minimum Gasteiger partial charge on any atom is -0.289 e. The van der Waals surface area contributed by atoms with E-state index in [2.05, 4.69) is 0 Å². The Kier molecular flexibility index (Phi) is 6.63. The van der Waals surface area contributed by atoms with Crippen LogP contribution in [-0.2, 0) is 21.2 Å². The first-order chi connectivity index (χ1) is 9.45. The van der Waals surface area contributed by atoms with E-state index in [9.17, 15) is 13.2 Å². The molecule has 0 unspecified atom stereocenters. The second-order valence-corrected chi connectivity index (χ2v) is 6.63. The summed E-state index contributed by atoms with van der Waals surface area (Å²) in [6, 6.07) is 9.97. The number of rotatable bonds is 8. The van der Waals surface area contributed by atoms with Gasteiger partial charge in [-0.1, -0.05) is 30.3 Å². The molecule has 20 heavy (non-hydrogen) atoms. The molecule has 0 aliphatic carbocycles. The van der Waals surface area contributed by atoms with Crippen molar-refractivity contribution in [2.45, 2.75) is 19.3 Å². The van der Waals surface area contributed by atoms with Crippen LogP contribution in [0.15, 0.2) is 30.3 Å². The summed E-state index contributed by atoms with van der Waals surface area (Å²) in [5, 5.41) is 8.34. The zero-order valence-corrected chi connectivity index (χ0v) is 12.3. The highest BCUT2D eigenvalue weighted by Gasteiger charge is 2.21. The van der Waals surface area contributed by atoms with Gasteiger partial charge in [-0.05, 0) is 24.8 Å². The minimum atomic E-state index is -3.66. The van der Waals surface area contributed by atoms with E-state index in [1.807, 2.05) is 30.3 Å². The number of hydrogen-bond acceptors (Lipinski definition) is 4. The van der Waals surface area contributed by atoms with Crippen molar-refractivity contribution >= 4 is 15.9 Å². The maximum atomic E-state index is 11.7. The molecule has 1 rings (SSSR count). The number of hydroxylamine groups is 1. The molecule has 6 nitrogen and oxygen atoms in total. The average molecular weight is 300 g/mol. The van der Waals surface area contributed by atoms with E-state index in [4.69, 9.17) is 5.21 Å². The van der Waals surface area contributed by atoms with Crippen LogP contribution in [0.2, 0.25) is 0 Å². The molecule has 2 N–H and O–H groups in total. The van der Waals surface area contributed by atoms with Gasteiger partial charge in [0.05, 0.1) is 0 Å². The lowest BCUT2D eigenvalue weighted by molar-refractivity contribution is -0.126. The largest absolute Gasteiger partial charge is 0.289 e. The SMILES string of the molecule is CN(CCCCc1ccccc1)S(=O)(=O)CC(=O)NO. The number of nitrogens with one attached hydrogen (secondary N) is 1. The predicted octanol–water partition coefficient (Wildman–Crippen LogP) is 0.776. The number of amides is 1. The van der Waals surface area contributed by atoms with Crippen molar-refractivity contribution in [1.29, 1.82) is 0 Å². The molecule has 0 aliphatic heterocycles. The highest BCUT2D eigenvalue weighted by molar-refractivity contribution is 7.89. The average Bonchev–Trinajstić information content (AvgIpc) is 2.43. The van der Waals surface area contributed by atoms with Crippen molar-refractivity contribution in [2.75, 3.05) is 19.3 Å². The fourth-order valence-corrected chi connectivity index (χ4v) is 2.78. The summed E-state index contributed by atoms with van der Waals surface area (Å²) in [6.07, 6.45) is 2.48. The third kappa shape index (κ3) is 5.68. The van der Waals surface area contributed by atoms with Gasteiger partial charge in [-0.15, -0.1) is 0 Å². The second-order valence-electron chi connectivity index (χ2n) is 4.56. The maximum absolute atomic E-state index is 11.7. The molecular formula is C13H20N2O4S. The van der Waals surface area contributed by atoms with Crippen LogP contribution < -0.4 is 5.48 Å². The smallest absolute Gasteiger partial charge is 0.259 e. The van der Waals surface area contributed by atoms with Crippen molar-refractivity contribution in [3.05, 3.63) is 35.9 Å². The summed E-state index contributed by atoms with van der Waals surface area (Å²) in [4.78, 5) is 10.9. The van der Waals surface area contributed by atoms with Crippen LogP contribution in [-0.4, -0.2) is 43.2 Å². The van der Waals surface area contributed by atoms with E-state index in [0.29, 0.717) is 13.0 Å². The molecule has 0 heterocycles. The summed E-state index contributed by atoms with van der Waals surface area (Å²) < 4.78 is 24.6. The molecule has 0 saturated heterocycles. The second kappa shape index (κ2) is 7.98. The molecule has 0 bridgehead atoms. The summed E-state index contributed by atoms with van der Waals surface area (Å²) in [6.45, 7) is 0.355. The van der Waals surface area contributed by atoms with Gasteiger partial charge in [-0.3, -0.25) is 10.0 Å². The van der Waals surface area contributed by atoms with Crippen LogP contribution in [0.25, 0.3) is 0 Å². The summed E-state index contributed by atoms with van der Waals surface area (Å²) in [5.41, 5.74) is 2.54. The Labute approximate surface area is 119 Å². The zero-order valence-electron chi connectivity index (χ0n) is 11.4. The molecule has 0 fully saturated rings. The first kappa shape index (κ1) is 16.6. The van der Waals surface area contributed by atoms with Crippen LogP contribution in [0.5, 0.6) is 0 Å². The monoisotopic (exact) mass is 300 g/mol. The fraction of sp³-hybridized carbons (Fsp3) is 0.462. The lowest BCUT2D eigenvalue weighted by atomic mass is 10.1. The van der Waals surface area contributed by atoms with Gasteiger partial charge in [0.15, 0.2) is 0 Å². The first-order valence-electron chi connectivity index (χ1n) is 6.36. The number of unbranched alkanes of at least 4 members (excludes halogenated alkanes) is 1. The highest BCUT2D eigenvalue weighted by Crippen LogP contribution is 2.06. The van der Waals surface area contributed by atoms with Crippen molar-refractivity contribution in [1.82, 2.24) is 9.79 Å². The molecule has 1 aromatic carbocycles. The number of carbonyl (C=O) groups excluding carboxylic acids is 1. The van der Waals surface area contributed by atoms with Gasteiger partial charge in [-0.2, -0.15) is 0 Å². The standard InChI is InChI=1S/C13H20N2O4S/c1-15(20(18,19)11-13(16)14-17)10-6-5-9-12-7-3-2-4-8-12/h2-4,7-8,17H,5-6,9-11H2,1H3,(H,14,16). The number of aryl methyl sites for hydroxylation is 1. The molecule has 1 amide bonds. The molecule has 0 aromatic heterocycles. The third-order valence-electron chi connectivity index (χ3n) is 2.94. The Morgan fingerprint density at radius 1 is 1.25 bits per heavy atom. The number of benzene rings is 1. The predicted molar refractivity (Wildman–Crippen MR) is 75.7 cm³/mol. The topological polar surface area (TPSA) is 86.7 Å². The number of sulfonamides is 1. The quantitative estimate of drug-likeness (QED) is 0.422. The van der Waals surface area contributed by atoms with Crippen molar-refractivity contribution in [3.8, 4) is 0 Å². The zero-order chi connectivity index (χ0) is 15.0. The molecular weight excluding hydrogens is 280 g/mol. The molecule has 0 atom stereocenters. The Bertz CT molecular complexity index is 516. The van der Waals surface area contributed by atoms with Gasteiger partial charge in [0.25, 0.3) is 5.91 Å². The van der Waals surface area contributed by atoms with Crippen molar-refractivity contribution in [3.63, 3.8) is 0 Å². The Morgan fingerprint density at radius 3 is 2.50 bits per heavy atom. The molecule has 7 heteroatoms. The van der Waals surface area contributed by atoms with Crippen LogP contribution >= 0.6 is 0 Å². The van der Waals surface area contributed by atoms with Crippen LogP contribution in [0.1, 0.15) is 18.4 Å². The Balaban J connectivity index is 2.32. The molecule has 0 aliphatic rings. The normalized spacial score (nSPS) is 11.6. The number of carbonyl (C=O) groups is 1. The van der Waals surface area contributed by atoms with E-state index in [1.54, 1.807) is 0 Å². The first-order valence-corrected chi connectivity index (χ1v) is 7.97. The third-order valence-corrected chi connectivity index (χ3v) is 4.70. The van der Waals surface area contributed by atoms with Gasteiger partial charge >= 0.3 is 0 Å². The molecule has 0 saturated carbocycles. The van der Waals surface area contributed by atoms with Crippen LogP contribution in [0.3, 0.4) is 0 Å². The van der Waals surface area contributed by atoms with E-state index in [-0.39, 0.29) is 0 Å². The van der Waals surface area contributed by atoms with Gasteiger partial charge in [-0.25, -0.2) is 18.2 Å². The summed E-state index contributed by atoms with van der Waals surface area (Å²) in [7, 11) is -2.22. The van der Waals surface area contributed by atoms with E-state index in [0.717, 1.165) is 17.1 Å². The van der Waals surface area contributed by atoms with E-state index >= 15 is 0 Å². The van der Waals surface area contributed by atoms with E-state index in [1.165, 1.54) is 18.1 Å². The molecule has 0 radical (unpaired) electrons.